The molecule has 116 valence electrons. The van der Waals surface area contributed by atoms with Crippen LogP contribution in [-0.4, -0.2) is 44.1 Å². The maximum Gasteiger partial charge on any atom is 0.193 e. The van der Waals surface area contributed by atoms with Crippen LogP contribution in [0.15, 0.2) is 29.3 Å². The lowest BCUT2D eigenvalue weighted by atomic mass is 10.00. The zero-order chi connectivity index (χ0) is 15.1. The topological polar surface area (TPSA) is 36.9 Å². The summed E-state index contributed by atoms with van der Waals surface area (Å²) in [7, 11) is 1.85. The summed E-state index contributed by atoms with van der Waals surface area (Å²) in [4.78, 5) is 6.71. The first kappa shape index (κ1) is 15.7. The Hall–Kier alpha value is -1.71. The minimum atomic E-state index is 0.645. The maximum atomic E-state index is 5.72. The second-order valence-corrected chi connectivity index (χ2v) is 5.81. The Balaban J connectivity index is 1.70. The molecule has 1 saturated heterocycles. The van der Waals surface area contributed by atoms with Gasteiger partial charge in [0.1, 0.15) is 12.4 Å². The molecule has 0 atom stereocenters. The minimum Gasteiger partial charge on any atom is -0.492 e. The van der Waals surface area contributed by atoms with Gasteiger partial charge in [0.2, 0.25) is 0 Å². The van der Waals surface area contributed by atoms with Crippen LogP contribution < -0.4 is 10.1 Å². The van der Waals surface area contributed by atoms with Crippen LogP contribution in [0.5, 0.6) is 5.75 Å². The van der Waals surface area contributed by atoms with Crippen molar-refractivity contribution in [1.82, 2.24) is 10.2 Å². The third-order valence-corrected chi connectivity index (χ3v) is 3.97. The highest BCUT2D eigenvalue weighted by Crippen LogP contribution is 2.15. The summed E-state index contributed by atoms with van der Waals surface area (Å²) in [6.45, 7) is 8.01. The number of likely N-dealkylation sites (tertiary alicyclic amines) is 1. The van der Waals surface area contributed by atoms with E-state index in [0.29, 0.717) is 6.61 Å². The fourth-order valence-corrected chi connectivity index (χ4v) is 2.52. The maximum absolute atomic E-state index is 5.72. The molecule has 1 aliphatic heterocycles. The first-order valence-electron chi connectivity index (χ1n) is 7.84. The summed E-state index contributed by atoms with van der Waals surface area (Å²) >= 11 is 0. The van der Waals surface area contributed by atoms with Crippen molar-refractivity contribution in [1.29, 1.82) is 0 Å². The van der Waals surface area contributed by atoms with Gasteiger partial charge in [-0.15, -0.1) is 0 Å². The largest absolute Gasteiger partial charge is 0.492 e. The number of piperidine rings is 1. The average Bonchev–Trinajstić information content (AvgIpc) is 2.50. The van der Waals surface area contributed by atoms with Crippen molar-refractivity contribution in [3.8, 4) is 5.75 Å². The van der Waals surface area contributed by atoms with E-state index in [-0.39, 0.29) is 0 Å². The lowest BCUT2D eigenvalue weighted by Gasteiger charge is -2.32. The van der Waals surface area contributed by atoms with Crippen LogP contribution in [-0.2, 0) is 0 Å². The van der Waals surface area contributed by atoms with Gasteiger partial charge in [0.25, 0.3) is 0 Å². The van der Waals surface area contributed by atoms with Gasteiger partial charge in [0.05, 0.1) is 6.54 Å². The van der Waals surface area contributed by atoms with Gasteiger partial charge >= 0.3 is 0 Å². The Bertz CT molecular complexity index is 448. The molecule has 0 saturated carbocycles. The second-order valence-electron chi connectivity index (χ2n) is 5.81. The Labute approximate surface area is 128 Å². The van der Waals surface area contributed by atoms with E-state index in [1.54, 1.807) is 0 Å². The predicted molar refractivity (Wildman–Crippen MR) is 88.0 cm³/mol. The van der Waals surface area contributed by atoms with Crippen LogP contribution in [0.4, 0.5) is 0 Å². The van der Waals surface area contributed by atoms with Gasteiger partial charge in [0, 0.05) is 20.1 Å². The summed E-state index contributed by atoms with van der Waals surface area (Å²) in [5, 5.41) is 3.39. The molecule has 0 unspecified atom stereocenters. The van der Waals surface area contributed by atoms with Crippen LogP contribution in [0.1, 0.15) is 25.3 Å². The molecule has 0 aromatic heterocycles. The van der Waals surface area contributed by atoms with E-state index < -0.39 is 0 Å². The Morgan fingerprint density at radius 3 is 2.57 bits per heavy atom. The van der Waals surface area contributed by atoms with Crippen molar-refractivity contribution in [3.63, 3.8) is 0 Å². The molecule has 1 aromatic carbocycles. The fourth-order valence-electron chi connectivity index (χ4n) is 2.52. The minimum absolute atomic E-state index is 0.645. The molecular formula is C17H27N3O. The van der Waals surface area contributed by atoms with Gasteiger partial charge in [-0.3, -0.25) is 4.99 Å². The summed E-state index contributed by atoms with van der Waals surface area (Å²) < 4.78 is 5.72. The number of rotatable bonds is 4. The van der Waals surface area contributed by atoms with E-state index >= 15 is 0 Å². The molecule has 0 spiro atoms. The first-order valence-corrected chi connectivity index (χ1v) is 7.84. The van der Waals surface area contributed by atoms with Crippen LogP contribution in [0.3, 0.4) is 0 Å². The van der Waals surface area contributed by atoms with Crippen LogP contribution in [0.25, 0.3) is 0 Å². The van der Waals surface area contributed by atoms with Crippen molar-refractivity contribution in [2.24, 2.45) is 10.9 Å². The number of ether oxygens (including phenoxy) is 1. The van der Waals surface area contributed by atoms with E-state index in [1.165, 1.54) is 18.4 Å². The van der Waals surface area contributed by atoms with Gasteiger partial charge in [-0.1, -0.05) is 24.6 Å². The fraction of sp³-hybridized carbons (Fsp3) is 0.588. The number of hydrogen-bond acceptors (Lipinski definition) is 2. The normalized spacial score (nSPS) is 16.9. The number of benzene rings is 1. The molecule has 0 amide bonds. The molecule has 1 N–H and O–H groups in total. The predicted octanol–water partition coefficient (Wildman–Crippen LogP) is 2.68. The van der Waals surface area contributed by atoms with E-state index in [4.69, 9.17) is 4.74 Å². The lowest BCUT2D eigenvalue weighted by molar-refractivity contribution is 0.269. The average molecular weight is 289 g/mol. The summed E-state index contributed by atoms with van der Waals surface area (Å²) in [5.41, 5.74) is 1.25. The molecule has 4 nitrogen and oxygen atoms in total. The van der Waals surface area contributed by atoms with Gasteiger partial charge in [-0.05, 0) is 37.8 Å². The zero-order valence-corrected chi connectivity index (χ0v) is 13.4. The summed E-state index contributed by atoms with van der Waals surface area (Å²) in [6, 6.07) is 8.15. The Kier molecular flexibility index (Phi) is 5.90. The number of nitrogens with one attached hydrogen (secondary N) is 1. The van der Waals surface area contributed by atoms with Crippen LogP contribution in [0.2, 0.25) is 0 Å². The molecule has 1 aromatic rings. The van der Waals surface area contributed by atoms with E-state index in [2.05, 4.69) is 41.2 Å². The lowest BCUT2D eigenvalue weighted by Crippen LogP contribution is -2.46. The van der Waals surface area contributed by atoms with Gasteiger partial charge in [-0.25, -0.2) is 0 Å². The van der Waals surface area contributed by atoms with Crippen LogP contribution >= 0.6 is 0 Å². The zero-order valence-electron chi connectivity index (χ0n) is 13.4. The standard InChI is InChI=1S/C17H27N3O/c1-14-4-6-16(7-5-14)21-13-10-19-17(18-3)20-11-8-15(2)9-12-20/h4-7,15H,8-13H2,1-3H3,(H,18,19). The Morgan fingerprint density at radius 1 is 1.29 bits per heavy atom. The number of aryl methyl sites for hydroxylation is 1. The molecule has 21 heavy (non-hydrogen) atoms. The summed E-state index contributed by atoms with van der Waals surface area (Å²) in [5.74, 6) is 2.75. The number of aliphatic imine (C=N–C) groups is 1. The quantitative estimate of drug-likeness (QED) is 0.526. The van der Waals surface area contributed by atoms with E-state index in [9.17, 15) is 0 Å². The highest BCUT2D eigenvalue weighted by Gasteiger charge is 2.18. The smallest absolute Gasteiger partial charge is 0.193 e. The van der Waals surface area contributed by atoms with Gasteiger partial charge < -0.3 is 15.0 Å². The molecule has 2 rings (SSSR count). The van der Waals surface area contributed by atoms with Crippen molar-refractivity contribution in [2.75, 3.05) is 33.3 Å². The molecule has 1 aliphatic rings. The number of nitrogens with zero attached hydrogens (tertiary/aromatic N) is 2. The monoisotopic (exact) mass is 289 g/mol. The SMILES string of the molecule is CN=C(NCCOc1ccc(C)cc1)N1CCC(C)CC1. The first-order chi connectivity index (χ1) is 10.2. The summed E-state index contributed by atoms with van der Waals surface area (Å²) in [6.07, 6.45) is 2.50. The Morgan fingerprint density at radius 2 is 1.95 bits per heavy atom. The molecular weight excluding hydrogens is 262 g/mol. The van der Waals surface area contributed by atoms with Gasteiger partial charge in [0.15, 0.2) is 5.96 Å². The highest BCUT2D eigenvalue weighted by molar-refractivity contribution is 5.79. The number of hydrogen-bond donors (Lipinski definition) is 1. The van der Waals surface area contributed by atoms with Crippen LogP contribution in [0, 0.1) is 12.8 Å². The third-order valence-electron chi connectivity index (χ3n) is 3.97. The molecule has 4 heteroatoms. The number of guanidine groups is 1. The van der Waals surface area contributed by atoms with E-state index in [0.717, 1.165) is 37.3 Å². The van der Waals surface area contributed by atoms with Gasteiger partial charge in [-0.2, -0.15) is 0 Å². The molecule has 0 bridgehead atoms. The van der Waals surface area contributed by atoms with E-state index in [1.807, 2.05) is 19.2 Å². The molecule has 0 radical (unpaired) electrons. The van der Waals surface area contributed by atoms with Crippen molar-refractivity contribution < 1.29 is 4.74 Å². The molecule has 0 aliphatic carbocycles. The van der Waals surface area contributed by atoms with Crippen molar-refractivity contribution in [2.45, 2.75) is 26.7 Å². The highest BCUT2D eigenvalue weighted by atomic mass is 16.5. The molecule has 1 heterocycles. The van der Waals surface area contributed by atoms with Crippen molar-refractivity contribution in [3.05, 3.63) is 29.8 Å². The second kappa shape index (κ2) is 7.91. The van der Waals surface area contributed by atoms with Crippen molar-refractivity contribution >= 4 is 5.96 Å². The third kappa shape index (κ3) is 4.96. The molecule has 1 fully saturated rings.